The maximum absolute atomic E-state index is 12.8. The second-order valence-corrected chi connectivity index (χ2v) is 7.60. The molecule has 28 heavy (non-hydrogen) atoms. The Morgan fingerprint density at radius 3 is 2.29 bits per heavy atom. The van der Waals surface area contributed by atoms with Crippen LogP contribution in [0, 0.1) is 11.8 Å². The summed E-state index contributed by atoms with van der Waals surface area (Å²) in [4.78, 5) is 43.1. The van der Waals surface area contributed by atoms with Crippen molar-refractivity contribution >= 4 is 41.2 Å². The molecule has 1 aliphatic carbocycles. The molecule has 9 heteroatoms. The Labute approximate surface area is 165 Å². The molecule has 3 heterocycles. The smallest absolute Gasteiger partial charge is 0.260 e. The van der Waals surface area contributed by atoms with Crippen LogP contribution in [0.5, 0.6) is 0 Å². The van der Waals surface area contributed by atoms with Crippen molar-refractivity contribution in [1.82, 2.24) is 14.8 Å². The molecule has 1 saturated heterocycles. The molecule has 0 spiro atoms. The van der Waals surface area contributed by atoms with Gasteiger partial charge >= 0.3 is 0 Å². The second kappa shape index (κ2) is 6.27. The highest BCUT2D eigenvalue weighted by Crippen LogP contribution is 2.38. The van der Waals surface area contributed by atoms with Crippen LogP contribution >= 0.6 is 11.6 Å². The molecule has 1 aromatic carbocycles. The minimum absolute atomic E-state index is 0.0144. The first kappa shape index (κ1) is 17.1. The molecule has 0 bridgehead atoms. The number of amides is 3. The van der Waals surface area contributed by atoms with Crippen LogP contribution in [0.2, 0.25) is 5.02 Å². The van der Waals surface area contributed by atoms with E-state index in [4.69, 9.17) is 11.6 Å². The van der Waals surface area contributed by atoms with Crippen molar-refractivity contribution in [2.24, 2.45) is 11.8 Å². The van der Waals surface area contributed by atoms with Gasteiger partial charge in [-0.2, -0.15) is 4.98 Å². The van der Waals surface area contributed by atoms with E-state index in [0.717, 1.165) is 10.5 Å². The highest BCUT2D eigenvalue weighted by Gasteiger charge is 2.49. The van der Waals surface area contributed by atoms with Crippen LogP contribution < -0.4 is 10.2 Å². The zero-order valence-corrected chi connectivity index (χ0v) is 15.5. The number of fused-ring (bicyclic) bond motifs is 2. The van der Waals surface area contributed by atoms with E-state index in [1.54, 1.807) is 16.8 Å². The number of hydrogen-bond donors (Lipinski definition) is 1. The number of aromatic nitrogens is 3. The Kier molecular flexibility index (Phi) is 3.83. The first-order valence-corrected chi connectivity index (χ1v) is 9.45. The average molecular weight is 398 g/mol. The van der Waals surface area contributed by atoms with Crippen LogP contribution in [0.1, 0.15) is 30.9 Å². The van der Waals surface area contributed by atoms with Gasteiger partial charge < -0.3 is 0 Å². The van der Waals surface area contributed by atoms with E-state index in [0.29, 0.717) is 17.9 Å². The normalized spacial score (nSPS) is 26.2. The first-order valence-electron chi connectivity index (χ1n) is 9.07. The topological polar surface area (TPSA) is 97.2 Å². The van der Waals surface area contributed by atoms with Gasteiger partial charge in [0.1, 0.15) is 0 Å². The minimum atomic E-state index is -0.390. The lowest BCUT2D eigenvalue weighted by molar-refractivity contribution is -0.122. The number of nitrogens with one attached hydrogen (secondary N) is 1. The second-order valence-electron chi connectivity index (χ2n) is 7.17. The van der Waals surface area contributed by atoms with Crippen molar-refractivity contribution in [3.8, 4) is 0 Å². The quantitative estimate of drug-likeness (QED) is 0.619. The molecule has 5 rings (SSSR count). The molecule has 1 N–H and O–H groups in total. The van der Waals surface area contributed by atoms with E-state index in [2.05, 4.69) is 15.4 Å². The van der Waals surface area contributed by atoms with Gasteiger partial charge in [0.15, 0.2) is 0 Å². The van der Waals surface area contributed by atoms with Gasteiger partial charge in [-0.3, -0.25) is 19.7 Å². The van der Waals surface area contributed by atoms with Gasteiger partial charge in [-0.25, -0.2) is 9.58 Å². The third kappa shape index (κ3) is 2.56. The summed E-state index contributed by atoms with van der Waals surface area (Å²) in [6, 6.07) is 6.74. The van der Waals surface area contributed by atoms with Gasteiger partial charge in [-0.05, 0) is 30.5 Å². The fourth-order valence-corrected chi connectivity index (χ4v) is 4.21. The molecular weight excluding hydrogens is 382 g/mol. The molecule has 3 amide bonds. The van der Waals surface area contributed by atoms with Crippen molar-refractivity contribution in [1.29, 1.82) is 0 Å². The van der Waals surface area contributed by atoms with E-state index in [9.17, 15) is 14.4 Å². The van der Waals surface area contributed by atoms with Crippen molar-refractivity contribution in [3.05, 3.63) is 47.0 Å². The number of imide groups is 1. The van der Waals surface area contributed by atoms with Crippen molar-refractivity contribution in [3.63, 3.8) is 0 Å². The van der Waals surface area contributed by atoms with Crippen molar-refractivity contribution in [2.75, 3.05) is 10.2 Å². The summed E-state index contributed by atoms with van der Waals surface area (Å²) in [5.41, 5.74) is 0.842. The summed E-state index contributed by atoms with van der Waals surface area (Å²) >= 11 is 5.96. The molecule has 0 saturated carbocycles. The number of rotatable bonds is 2. The third-order valence-electron chi connectivity index (χ3n) is 5.51. The predicted molar refractivity (Wildman–Crippen MR) is 101 cm³/mol. The molecule has 0 radical (unpaired) electrons. The largest absolute Gasteiger partial charge is 0.295 e. The van der Waals surface area contributed by atoms with E-state index < -0.39 is 0 Å². The zero-order valence-electron chi connectivity index (χ0n) is 14.7. The summed E-state index contributed by atoms with van der Waals surface area (Å²) in [6.07, 6.45) is 5.12. The Morgan fingerprint density at radius 2 is 1.64 bits per heavy atom. The molecule has 0 unspecified atom stereocenters. The summed E-state index contributed by atoms with van der Waals surface area (Å²) < 4.78 is 1.56. The fraction of sp³-hybridized carbons (Fsp3) is 0.316. The number of carbonyl (C=O) groups excluding carboxylic acids is 3. The maximum Gasteiger partial charge on any atom is 0.260 e. The lowest BCUT2D eigenvalue weighted by atomic mass is 9.85. The zero-order chi connectivity index (χ0) is 19.4. The number of benzene rings is 1. The van der Waals surface area contributed by atoms with Crippen LogP contribution in [0.15, 0.2) is 36.4 Å². The lowest BCUT2D eigenvalue weighted by Gasteiger charge is -2.23. The average Bonchev–Trinajstić information content (AvgIpc) is 3.21. The number of allylic oxidation sites excluding steroid dienone is 2. The Morgan fingerprint density at radius 1 is 1.00 bits per heavy atom. The Balaban J connectivity index is 1.53. The molecule has 1 aromatic heterocycles. The highest BCUT2D eigenvalue weighted by molar-refractivity contribution is 6.30. The Hall–Kier alpha value is -3.00. The molecule has 142 valence electrons. The molecular formula is C19H16ClN5O3. The fourth-order valence-electron chi connectivity index (χ4n) is 4.09. The van der Waals surface area contributed by atoms with Gasteiger partial charge in [0, 0.05) is 5.02 Å². The standard InChI is InChI=1S/C19H16ClN5O3/c20-11-7-5-10(6-8-11)14-9-15(26)21-18-22-19(23-25(14)18)24-16(27)12-3-1-2-4-13(12)17(24)28/h1-2,5-8,12-14H,3-4,9H2,(H,21,22,23,26)/t12-,13+,14-/m0/s1. The number of anilines is 2. The molecule has 3 atom stereocenters. The summed E-state index contributed by atoms with van der Waals surface area (Å²) in [5, 5.41) is 7.69. The molecule has 2 aromatic rings. The summed E-state index contributed by atoms with van der Waals surface area (Å²) in [6.45, 7) is 0. The van der Waals surface area contributed by atoms with Gasteiger partial charge in [0.2, 0.25) is 23.7 Å². The van der Waals surface area contributed by atoms with E-state index >= 15 is 0 Å². The summed E-state index contributed by atoms with van der Waals surface area (Å²) in [5.74, 6) is -1.25. The first-order chi connectivity index (χ1) is 13.5. The van der Waals surface area contributed by atoms with E-state index in [-0.39, 0.29) is 53.9 Å². The number of halogens is 1. The van der Waals surface area contributed by atoms with Crippen molar-refractivity contribution < 1.29 is 14.4 Å². The minimum Gasteiger partial charge on any atom is -0.295 e. The predicted octanol–water partition coefficient (Wildman–Crippen LogP) is 2.32. The highest BCUT2D eigenvalue weighted by atomic mass is 35.5. The van der Waals surface area contributed by atoms with Gasteiger partial charge in [-0.1, -0.05) is 35.9 Å². The molecule has 3 aliphatic rings. The van der Waals surface area contributed by atoms with Crippen molar-refractivity contribution in [2.45, 2.75) is 25.3 Å². The van der Waals surface area contributed by atoms with E-state index in [1.807, 2.05) is 24.3 Å². The van der Waals surface area contributed by atoms with Gasteiger partial charge in [-0.15, -0.1) is 5.10 Å². The number of hydrogen-bond acceptors (Lipinski definition) is 5. The van der Waals surface area contributed by atoms with Gasteiger partial charge in [0.05, 0.1) is 24.3 Å². The molecule has 2 aliphatic heterocycles. The van der Waals surface area contributed by atoms with Crippen LogP contribution in [-0.4, -0.2) is 32.5 Å². The molecule has 1 fully saturated rings. The SMILES string of the molecule is O=C1C[C@@H](c2ccc(Cl)cc2)n2nc(N3C(=O)[C@H]4CC=CC[C@H]4C3=O)nc2N1. The maximum atomic E-state index is 12.8. The summed E-state index contributed by atoms with van der Waals surface area (Å²) in [7, 11) is 0. The monoisotopic (exact) mass is 397 g/mol. The lowest BCUT2D eigenvalue weighted by Crippen LogP contribution is -2.32. The van der Waals surface area contributed by atoms with E-state index in [1.165, 1.54) is 0 Å². The van der Waals surface area contributed by atoms with Crippen LogP contribution in [0.25, 0.3) is 0 Å². The van der Waals surface area contributed by atoms with Gasteiger partial charge in [0.25, 0.3) is 5.95 Å². The van der Waals surface area contributed by atoms with Crippen LogP contribution in [-0.2, 0) is 14.4 Å². The number of nitrogens with zero attached hydrogens (tertiary/aromatic N) is 4. The molecule has 8 nitrogen and oxygen atoms in total. The number of carbonyl (C=O) groups is 3. The van der Waals surface area contributed by atoms with Crippen LogP contribution in [0.4, 0.5) is 11.9 Å². The van der Waals surface area contributed by atoms with Crippen LogP contribution in [0.3, 0.4) is 0 Å². The third-order valence-corrected chi connectivity index (χ3v) is 5.76. The Bertz CT molecular complexity index is 1000.